The fourth-order valence-corrected chi connectivity index (χ4v) is 6.38. The van der Waals surface area contributed by atoms with Gasteiger partial charge < -0.3 is 19.7 Å². The highest BCUT2D eigenvalue weighted by Crippen LogP contribution is 2.37. The van der Waals surface area contributed by atoms with Gasteiger partial charge in [0, 0.05) is 68.5 Å². The van der Waals surface area contributed by atoms with Gasteiger partial charge >= 0.3 is 0 Å². The third kappa shape index (κ3) is 5.25. The smallest absolute Gasteiger partial charge is 0.270 e. The number of rotatable bonds is 6. The fraction of sp³-hybridized carbons (Fsp3) is 0.0263. The van der Waals surface area contributed by atoms with Crippen LogP contribution in [-0.2, 0) is 0 Å². The molecule has 5 heterocycles. The minimum atomic E-state index is -0.408. The van der Waals surface area contributed by atoms with Crippen molar-refractivity contribution in [3.63, 3.8) is 0 Å². The molecule has 0 amide bonds. The molecule has 238 valence electrons. The molecule has 0 unspecified atom stereocenters. The third-order valence-corrected chi connectivity index (χ3v) is 8.65. The van der Waals surface area contributed by atoms with Crippen molar-refractivity contribution in [2.45, 2.75) is 0 Å². The number of fused-ring (bicyclic) bond motifs is 9. The summed E-state index contributed by atoms with van der Waals surface area (Å²) in [5.41, 5.74) is 10.3. The number of benzene rings is 3. The van der Waals surface area contributed by atoms with E-state index in [4.69, 9.17) is 9.72 Å². The minimum absolute atomic E-state index is 0.0181. The zero-order chi connectivity index (χ0) is 33.6. The van der Waals surface area contributed by atoms with Crippen LogP contribution in [-0.4, -0.2) is 36.9 Å². The van der Waals surface area contributed by atoms with Gasteiger partial charge in [0.15, 0.2) is 0 Å². The number of nitrogens with one attached hydrogen (secondary N) is 3. The summed E-state index contributed by atoms with van der Waals surface area (Å²) in [6, 6.07) is 32.5. The Balaban J connectivity index is 1.53. The summed E-state index contributed by atoms with van der Waals surface area (Å²) in [5, 5.41) is 23.5. The monoisotopic (exact) mass is 646 g/mol. The molecule has 0 fully saturated rings. The fourth-order valence-electron chi connectivity index (χ4n) is 6.38. The molecule has 0 spiro atoms. The summed E-state index contributed by atoms with van der Waals surface area (Å²) >= 11 is 0. The predicted molar refractivity (Wildman–Crippen MR) is 191 cm³/mol. The average Bonchev–Trinajstić information content (AvgIpc) is 3.95. The molecule has 49 heavy (non-hydrogen) atoms. The number of nitro benzene ring substituents is 2. The number of aromatic amines is 3. The Morgan fingerprint density at radius 3 is 1.51 bits per heavy atom. The molecule has 1 aliphatic rings. The van der Waals surface area contributed by atoms with Crippen molar-refractivity contribution in [1.29, 1.82) is 0 Å². The molecule has 0 aliphatic carbocycles. The highest BCUT2D eigenvalue weighted by atomic mass is 16.6. The highest BCUT2D eigenvalue weighted by molar-refractivity contribution is 6.00. The van der Waals surface area contributed by atoms with Crippen LogP contribution < -0.4 is 4.74 Å². The SMILES string of the molecule is COc1ccc(-c2c3ccc([nH]3)c(-c3cccc([N+](=O)[O-])c3)c3nc(c4ccc([nH]4)c(-c4cccc([N+](=O)[O-])c4)c4ccc2[nH]4)C=C3)cc1. The van der Waals surface area contributed by atoms with Gasteiger partial charge in [0.2, 0.25) is 0 Å². The molecule has 11 nitrogen and oxygen atoms in total. The van der Waals surface area contributed by atoms with Crippen molar-refractivity contribution in [3.05, 3.63) is 141 Å². The number of nitrogens with zero attached hydrogens (tertiary/aromatic N) is 3. The van der Waals surface area contributed by atoms with Crippen molar-refractivity contribution in [2.24, 2.45) is 0 Å². The summed E-state index contributed by atoms with van der Waals surface area (Å²) in [4.78, 5) is 38.4. The zero-order valence-corrected chi connectivity index (χ0v) is 25.9. The van der Waals surface area contributed by atoms with E-state index in [1.807, 2.05) is 84.9 Å². The number of ether oxygens (including phenoxy) is 1. The summed E-state index contributed by atoms with van der Waals surface area (Å²) in [6.07, 6.45) is 3.79. The van der Waals surface area contributed by atoms with E-state index in [0.29, 0.717) is 33.8 Å². The molecular weight excluding hydrogens is 620 g/mol. The van der Waals surface area contributed by atoms with Gasteiger partial charge in [-0.05, 0) is 77.4 Å². The lowest BCUT2D eigenvalue weighted by Crippen LogP contribution is -1.90. The van der Waals surface area contributed by atoms with Crippen LogP contribution in [0.15, 0.2) is 109 Å². The molecule has 11 heteroatoms. The first kappa shape index (κ1) is 29.4. The predicted octanol–water partition coefficient (Wildman–Crippen LogP) is 9.52. The van der Waals surface area contributed by atoms with Gasteiger partial charge in [-0.1, -0.05) is 36.4 Å². The molecule has 3 aromatic carbocycles. The van der Waals surface area contributed by atoms with Gasteiger partial charge in [-0.15, -0.1) is 0 Å². The molecule has 0 saturated carbocycles. The van der Waals surface area contributed by atoms with Crippen LogP contribution in [0.25, 0.3) is 78.6 Å². The molecular formula is C38H26N6O5. The standard InChI is InChI=1S/C38H26N6O5/c1-49-27-10-8-22(9-11-27)36-30-16-18-34(41-30)37(23-4-2-6-25(20-23)43(45)46)32-14-12-28(39-32)29-13-15-33(40-29)38(35-19-17-31(36)42-35)24-5-3-7-26(21-24)44(47)48/h2-21,39,41-42H,1H3. The Morgan fingerprint density at radius 2 is 0.980 bits per heavy atom. The Labute approximate surface area is 277 Å². The molecule has 0 atom stereocenters. The number of non-ortho nitro benzene ring substituents is 2. The normalized spacial score (nSPS) is 11.6. The van der Waals surface area contributed by atoms with E-state index in [1.54, 1.807) is 31.4 Å². The van der Waals surface area contributed by atoms with E-state index in [-0.39, 0.29) is 11.4 Å². The molecule has 4 aromatic heterocycles. The van der Waals surface area contributed by atoms with E-state index >= 15 is 0 Å². The van der Waals surface area contributed by atoms with Crippen LogP contribution in [0.3, 0.4) is 0 Å². The topological polar surface area (TPSA) is 156 Å². The minimum Gasteiger partial charge on any atom is -0.497 e. The second-order valence-corrected chi connectivity index (χ2v) is 11.5. The zero-order valence-electron chi connectivity index (χ0n) is 25.9. The van der Waals surface area contributed by atoms with Gasteiger partial charge in [0.1, 0.15) is 5.75 Å². The molecule has 8 rings (SSSR count). The number of methoxy groups -OCH3 is 1. The van der Waals surface area contributed by atoms with E-state index in [1.165, 1.54) is 12.1 Å². The number of H-pyrrole nitrogens is 3. The Bertz CT molecular complexity index is 2610. The Kier molecular flexibility index (Phi) is 6.99. The molecule has 1 aliphatic heterocycles. The maximum absolute atomic E-state index is 11.8. The van der Waals surface area contributed by atoms with Crippen LogP contribution in [0.1, 0.15) is 11.4 Å². The van der Waals surface area contributed by atoms with Crippen molar-refractivity contribution >= 4 is 56.6 Å². The van der Waals surface area contributed by atoms with Crippen LogP contribution in [0, 0.1) is 20.2 Å². The van der Waals surface area contributed by atoms with E-state index < -0.39 is 9.85 Å². The van der Waals surface area contributed by atoms with E-state index in [2.05, 4.69) is 15.0 Å². The highest BCUT2D eigenvalue weighted by Gasteiger charge is 2.17. The second kappa shape index (κ2) is 11.7. The van der Waals surface area contributed by atoms with E-state index in [9.17, 15) is 20.2 Å². The summed E-state index contributed by atoms with van der Waals surface area (Å²) < 4.78 is 5.43. The van der Waals surface area contributed by atoms with Crippen molar-refractivity contribution < 1.29 is 14.6 Å². The van der Waals surface area contributed by atoms with Crippen LogP contribution in [0.5, 0.6) is 5.75 Å². The summed E-state index contributed by atoms with van der Waals surface area (Å²) in [6.45, 7) is 0. The Hall–Kier alpha value is -7.01. The van der Waals surface area contributed by atoms with Gasteiger partial charge in [-0.3, -0.25) is 20.2 Å². The first-order chi connectivity index (χ1) is 23.9. The van der Waals surface area contributed by atoms with Crippen molar-refractivity contribution in [2.75, 3.05) is 7.11 Å². The van der Waals surface area contributed by atoms with Gasteiger partial charge in [0.05, 0.1) is 33.9 Å². The molecule has 0 saturated heterocycles. The van der Waals surface area contributed by atoms with Crippen LogP contribution >= 0.6 is 0 Å². The summed E-state index contributed by atoms with van der Waals surface area (Å²) in [5.74, 6) is 0.712. The molecule has 0 radical (unpaired) electrons. The van der Waals surface area contributed by atoms with Crippen LogP contribution in [0.4, 0.5) is 11.4 Å². The number of hydrogen-bond donors (Lipinski definition) is 3. The number of nitro groups is 2. The van der Waals surface area contributed by atoms with Gasteiger partial charge in [-0.25, -0.2) is 4.98 Å². The van der Waals surface area contributed by atoms with Crippen molar-refractivity contribution in [3.8, 4) is 39.1 Å². The lowest BCUT2D eigenvalue weighted by atomic mass is 10.0. The lowest BCUT2D eigenvalue weighted by molar-refractivity contribution is -0.385. The molecule has 8 bridgehead atoms. The summed E-state index contributed by atoms with van der Waals surface area (Å²) in [7, 11) is 1.62. The maximum atomic E-state index is 11.8. The van der Waals surface area contributed by atoms with E-state index in [0.717, 1.165) is 49.8 Å². The maximum Gasteiger partial charge on any atom is 0.270 e. The Morgan fingerprint density at radius 1 is 0.531 bits per heavy atom. The first-order valence-corrected chi connectivity index (χ1v) is 15.3. The first-order valence-electron chi connectivity index (χ1n) is 15.3. The number of aromatic nitrogens is 4. The quantitative estimate of drug-likeness (QED) is 0.121. The number of hydrogen-bond acceptors (Lipinski definition) is 6. The third-order valence-electron chi connectivity index (χ3n) is 8.65. The van der Waals surface area contributed by atoms with Gasteiger partial charge in [-0.2, -0.15) is 0 Å². The average molecular weight is 647 g/mol. The van der Waals surface area contributed by atoms with Gasteiger partial charge in [0.25, 0.3) is 11.4 Å². The second-order valence-electron chi connectivity index (χ2n) is 11.5. The largest absolute Gasteiger partial charge is 0.497 e. The molecule has 7 aromatic rings. The lowest BCUT2D eigenvalue weighted by Gasteiger charge is -2.06. The van der Waals surface area contributed by atoms with Crippen molar-refractivity contribution in [1.82, 2.24) is 19.9 Å². The molecule has 3 N–H and O–H groups in total. The van der Waals surface area contributed by atoms with Crippen LogP contribution in [0.2, 0.25) is 0 Å².